The maximum atomic E-state index is 13.1. The van der Waals surface area contributed by atoms with Gasteiger partial charge in [0.1, 0.15) is 0 Å². The molecule has 3 aromatic rings. The van der Waals surface area contributed by atoms with Crippen LogP contribution in [0.2, 0.25) is 5.02 Å². The molecule has 1 aliphatic rings. The van der Waals surface area contributed by atoms with Crippen LogP contribution in [0, 0.1) is 13.8 Å². The van der Waals surface area contributed by atoms with Crippen LogP contribution in [-0.4, -0.2) is 16.7 Å². The van der Waals surface area contributed by atoms with Crippen molar-refractivity contribution in [1.82, 2.24) is 4.90 Å². The predicted molar refractivity (Wildman–Crippen MR) is 120 cm³/mol. The van der Waals surface area contributed by atoms with Crippen molar-refractivity contribution in [2.24, 2.45) is 0 Å². The van der Waals surface area contributed by atoms with Crippen molar-refractivity contribution in [3.05, 3.63) is 99.6 Å². The number of anilines is 1. The minimum absolute atomic E-state index is 0.0390. The maximum absolute atomic E-state index is 13.1. The van der Waals surface area contributed by atoms with Crippen molar-refractivity contribution >= 4 is 29.1 Å². The van der Waals surface area contributed by atoms with E-state index in [1.165, 1.54) is 0 Å². The Kier molecular flexibility index (Phi) is 5.60. The first-order valence-corrected chi connectivity index (χ1v) is 10.3. The molecule has 4 nitrogen and oxygen atoms in total. The number of amides is 2. The average Bonchev–Trinajstić information content (AvgIpc) is 3.07. The Hall–Kier alpha value is -3.11. The number of nitrogens with zero attached hydrogens (tertiary/aromatic N) is 1. The third-order valence-electron chi connectivity index (χ3n) is 5.61. The molecule has 0 bridgehead atoms. The van der Waals surface area contributed by atoms with Crippen molar-refractivity contribution in [2.45, 2.75) is 32.9 Å². The first-order valence-electron chi connectivity index (χ1n) is 9.94. The molecule has 0 aliphatic carbocycles. The third-order valence-corrected chi connectivity index (χ3v) is 6.02. The average molecular weight is 419 g/mol. The smallest absolute Gasteiger partial charge is 0.255 e. The Balaban J connectivity index is 1.62. The van der Waals surface area contributed by atoms with E-state index in [4.69, 9.17) is 11.6 Å². The highest BCUT2D eigenvalue weighted by Gasteiger charge is 2.34. The second-order valence-electron chi connectivity index (χ2n) is 7.68. The van der Waals surface area contributed by atoms with Gasteiger partial charge in [0, 0.05) is 22.8 Å². The molecule has 0 saturated carbocycles. The van der Waals surface area contributed by atoms with Crippen LogP contribution in [0.4, 0.5) is 5.69 Å². The molecule has 0 unspecified atom stereocenters. The van der Waals surface area contributed by atoms with Gasteiger partial charge < -0.3 is 10.2 Å². The molecule has 1 heterocycles. The van der Waals surface area contributed by atoms with E-state index in [1.54, 1.807) is 11.0 Å². The third kappa shape index (κ3) is 3.96. The lowest BCUT2D eigenvalue weighted by atomic mass is 10.00. The molecule has 0 spiro atoms. The SMILES string of the molecule is Cc1ccc([C@@H](CC(=O)Nc2cccc(Cl)c2C)N2Cc3ccccc3C2=O)cc1. The molecule has 4 rings (SSSR count). The molecule has 3 aromatic carbocycles. The van der Waals surface area contributed by atoms with Gasteiger partial charge in [-0.15, -0.1) is 0 Å². The van der Waals surface area contributed by atoms with Gasteiger partial charge in [0.05, 0.1) is 12.5 Å². The van der Waals surface area contributed by atoms with Crippen LogP contribution in [0.25, 0.3) is 0 Å². The fourth-order valence-electron chi connectivity index (χ4n) is 3.84. The van der Waals surface area contributed by atoms with E-state index < -0.39 is 0 Å². The molecule has 5 heteroatoms. The van der Waals surface area contributed by atoms with E-state index in [-0.39, 0.29) is 24.3 Å². The Bertz CT molecular complexity index is 1110. The lowest BCUT2D eigenvalue weighted by Gasteiger charge is -2.28. The van der Waals surface area contributed by atoms with E-state index in [2.05, 4.69) is 5.32 Å². The van der Waals surface area contributed by atoms with Crippen LogP contribution in [-0.2, 0) is 11.3 Å². The number of fused-ring (bicyclic) bond motifs is 1. The largest absolute Gasteiger partial charge is 0.327 e. The number of hydrogen-bond acceptors (Lipinski definition) is 2. The summed E-state index contributed by atoms with van der Waals surface area (Å²) in [5.74, 6) is -0.197. The Morgan fingerprint density at radius 2 is 1.77 bits per heavy atom. The van der Waals surface area contributed by atoms with Crippen LogP contribution in [0.15, 0.2) is 66.7 Å². The molecule has 1 aliphatic heterocycles. The molecule has 1 atom stereocenters. The number of rotatable bonds is 5. The number of carbonyl (C=O) groups is 2. The van der Waals surface area contributed by atoms with Crippen molar-refractivity contribution in [2.75, 3.05) is 5.32 Å². The fraction of sp³-hybridized carbons (Fsp3) is 0.200. The maximum Gasteiger partial charge on any atom is 0.255 e. The van der Waals surface area contributed by atoms with Gasteiger partial charge in [-0.2, -0.15) is 0 Å². The summed E-state index contributed by atoms with van der Waals surface area (Å²) >= 11 is 6.18. The van der Waals surface area contributed by atoms with Gasteiger partial charge in [0.15, 0.2) is 0 Å². The fourth-order valence-corrected chi connectivity index (χ4v) is 4.02. The number of hydrogen-bond donors (Lipinski definition) is 1. The Morgan fingerprint density at radius 3 is 2.50 bits per heavy atom. The van der Waals surface area contributed by atoms with E-state index in [1.807, 2.05) is 74.5 Å². The van der Waals surface area contributed by atoms with Crippen LogP contribution in [0.1, 0.15) is 45.1 Å². The number of carbonyl (C=O) groups excluding carboxylic acids is 2. The minimum atomic E-state index is -0.356. The molecule has 0 fully saturated rings. The summed E-state index contributed by atoms with van der Waals surface area (Å²) in [4.78, 5) is 27.9. The summed E-state index contributed by atoms with van der Waals surface area (Å²) in [6.07, 6.45) is 0.161. The summed E-state index contributed by atoms with van der Waals surface area (Å²) < 4.78 is 0. The highest BCUT2D eigenvalue weighted by molar-refractivity contribution is 6.31. The Labute approximate surface area is 181 Å². The summed E-state index contributed by atoms with van der Waals surface area (Å²) in [6, 6.07) is 20.7. The summed E-state index contributed by atoms with van der Waals surface area (Å²) in [5, 5.41) is 3.57. The Morgan fingerprint density at radius 1 is 1.03 bits per heavy atom. The van der Waals surface area contributed by atoms with Gasteiger partial charge in [-0.05, 0) is 48.7 Å². The first-order chi connectivity index (χ1) is 14.4. The van der Waals surface area contributed by atoms with Crippen LogP contribution < -0.4 is 5.32 Å². The van der Waals surface area contributed by atoms with Gasteiger partial charge in [-0.1, -0.05) is 65.7 Å². The van der Waals surface area contributed by atoms with Crippen LogP contribution in [0.3, 0.4) is 0 Å². The summed E-state index contributed by atoms with van der Waals surface area (Å²) in [6.45, 7) is 4.39. The molecule has 2 amide bonds. The predicted octanol–water partition coefficient (Wildman–Crippen LogP) is 5.68. The van der Waals surface area contributed by atoms with Gasteiger partial charge in [-0.3, -0.25) is 9.59 Å². The van der Waals surface area contributed by atoms with Gasteiger partial charge in [-0.25, -0.2) is 0 Å². The normalized spacial score (nSPS) is 13.8. The van der Waals surface area contributed by atoms with E-state index >= 15 is 0 Å². The number of benzene rings is 3. The lowest BCUT2D eigenvalue weighted by molar-refractivity contribution is -0.117. The molecule has 0 radical (unpaired) electrons. The monoisotopic (exact) mass is 418 g/mol. The van der Waals surface area contributed by atoms with Crippen LogP contribution in [0.5, 0.6) is 0 Å². The highest BCUT2D eigenvalue weighted by atomic mass is 35.5. The van der Waals surface area contributed by atoms with Crippen LogP contribution >= 0.6 is 11.6 Å². The zero-order valence-electron chi connectivity index (χ0n) is 17.0. The first kappa shape index (κ1) is 20.2. The topological polar surface area (TPSA) is 49.4 Å². The lowest BCUT2D eigenvalue weighted by Crippen LogP contribution is -2.32. The zero-order valence-corrected chi connectivity index (χ0v) is 17.7. The van der Waals surface area contributed by atoms with Crippen molar-refractivity contribution in [3.8, 4) is 0 Å². The van der Waals surface area contributed by atoms with Crippen molar-refractivity contribution in [1.29, 1.82) is 0 Å². The molecule has 0 aromatic heterocycles. The second kappa shape index (κ2) is 8.33. The highest BCUT2D eigenvalue weighted by Crippen LogP contribution is 2.34. The van der Waals surface area contributed by atoms with Gasteiger partial charge in [0.2, 0.25) is 5.91 Å². The quantitative estimate of drug-likeness (QED) is 0.579. The summed E-state index contributed by atoms with van der Waals surface area (Å²) in [5.41, 5.74) is 5.29. The van der Waals surface area contributed by atoms with E-state index in [0.717, 1.165) is 22.3 Å². The number of halogens is 1. The standard InChI is InChI=1S/C25H23ClN2O2/c1-16-10-12-18(13-11-16)23(28-15-19-6-3-4-7-20(19)25(28)30)14-24(29)27-22-9-5-8-21(26)17(22)2/h3-13,23H,14-15H2,1-2H3,(H,27,29)/t23-/m1/s1. The number of aryl methyl sites for hydroxylation is 1. The zero-order chi connectivity index (χ0) is 21.3. The van der Waals surface area contributed by atoms with Gasteiger partial charge in [0.25, 0.3) is 5.91 Å². The molecule has 30 heavy (non-hydrogen) atoms. The molecular weight excluding hydrogens is 396 g/mol. The van der Waals surface area contributed by atoms with Gasteiger partial charge >= 0.3 is 0 Å². The number of nitrogens with one attached hydrogen (secondary N) is 1. The van der Waals surface area contributed by atoms with E-state index in [9.17, 15) is 9.59 Å². The minimum Gasteiger partial charge on any atom is -0.327 e. The molecule has 0 saturated heterocycles. The van der Waals surface area contributed by atoms with Crippen molar-refractivity contribution < 1.29 is 9.59 Å². The second-order valence-corrected chi connectivity index (χ2v) is 8.09. The molecular formula is C25H23ClN2O2. The van der Waals surface area contributed by atoms with E-state index in [0.29, 0.717) is 22.8 Å². The summed E-state index contributed by atoms with van der Waals surface area (Å²) in [7, 11) is 0. The molecule has 152 valence electrons. The van der Waals surface area contributed by atoms with Crippen molar-refractivity contribution in [3.63, 3.8) is 0 Å². The molecule has 1 N–H and O–H groups in total.